The van der Waals surface area contributed by atoms with Gasteiger partial charge in [0, 0.05) is 0 Å². The van der Waals surface area contributed by atoms with E-state index in [4.69, 9.17) is 10.2 Å². The summed E-state index contributed by atoms with van der Waals surface area (Å²) in [5.41, 5.74) is 0. The van der Waals surface area contributed by atoms with Crippen molar-refractivity contribution in [1.29, 1.82) is 0 Å². The number of nitro groups is 1. The van der Waals surface area contributed by atoms with Crippen LogP contribution in [0.25, 0.3) is 0 Å². The molecule has 0 amide bonds. The van der Waals surface area contributed by atoms with E-state index in [1.54, 1.807) is 0 Å². The number of aliphatic hydroxyl groups excluding tert-OH is 2. The van der Waals surface area contributed by atoms with Gasteiger partial charge in [-0.1, -0.05) is 9.72 Å². The second-order valence-electron chi connectivity index (χ2n) is 4.19. The summed E-state index contributed by atoms with van der Waals surface area (Å²) in [7, 11) is 0. The quantitative estimate of drug-likeness (QED) is 0.157. The summed E-state index contributed by atoms with van der Waals surface area (Å²) < 4.78 is 0. The lowest BCUT2D eigenvalue weighted by Crippen LogP contribution is -2.33. The van der Waals surface area contributed by atoms with E-state index in [1.165, 1.54) is 13.8 Å². The summed E-state index contributed by atoms with van der Waals surface area (Å²) in [6.07, 6.45) is -1.90. The molecule has 2 unspecified atom stereocenters. The minimum atomic E-state index is -0.949. The fourth-order valence-corrected chi connectivity index (χ4v) is 0.964. The van der Waals surface area contributed by atoms with E-state index in [9.17, 15) is 20.5 Å². The first-order valence-corrected chi connectivity index (χ1v) is 6.03. The van der Waals surface area contributed by atoms with E-state index in [-0.39, 0.29) is 22.8 Å². The topological polar surface area (TPSA) is 182 Å². The predicted octanol–water partition coefficient (Wildman–Crippen LogP) is -1.06. The molecule has 0 aliphatic carbocycles. The monoisotopic (exact) mass is 326 g/mol. The first-order chi connectivity index (χ1) is 10.2. The van der Waals surface area contributed by atoms with Crippen molar-refractivity contribution in [3.05, 3.63) is 20.5 Å². The van der Waals surface area contributed by atoms with Crippen LogP contribution in [0.15, 0.2) is 10.6 Å². The molecule has 0 radical (unpaired) electrons. The zero-order valence-corrected chi connectivity index (χ0v) is 12.0. The molecule has 0 aliphatic rings. The van der Waals surface area contributed by atoms with E-state index >= 15 is 0 Å². The van der Waals surface area contributed by atoms with Crippen LogP contribution in [0.2, 0.25) is 0 Å². The zero-order valence-electron chi connectivity index (χ0n) is 12.0. The summed E-state index contributed by atoms with van der Waals surface area (Å²) in [5.74, 6) is 0. The van der Waals surface area contributed by atoms with Crippen molar-refractivity contribution in [3.8, 4) is 0 Å². The molecule has 14 nitrogen and oxygen atoms in total. The fourth-order valence-electron chi connectivity index (χ4n) is 0.964. The van der Waals surface area contributed by atoms with Gasteiger partial charge in [0.05, 0.1) is 0 Å². The number of aliphatic hydroxyl groups is 2. The molecule has 14 heteroatoms. The van der Waals surface area contributed by atoms with Crippen LogP contribution in [0, 0.1) is 20.5 Å². The summed E-state index contributed by atoms with van der Waals surface area (Å²) in [6, 6.07) is 0. The Morgan fingerprint density at radius 2 is 1.36 bits per heavy atom. The van der Waals surface area contributed by atoms with Gasteiger partial charge in [-0.3, -0.25) is 0 Å². The van der Waals surface area contributed by atoms with Crippen LogP contribution in [-0.4, -0.2) is 68.7 Å². The molecule has 0 saturated heterocycles. The zero-order chi connectivity index (χ0) is 17.1. The van der Waals surface area contributed by atoms with Gasteiger partial charge in [-0.2, -0.15) is 0 Å². The van der Waals surface area contributed by atoms with Gasteiger partial charge in [0.2, 0.25) is 23.6 Å². The van der Waals surface area contributed by atoms with Crippen molar-refractivity contribution in [2.75, 3.05) is 26.6 Å². The lowest BCUT2D eigenvalue weighted by Gasteiger charge is -2.09. The van der Waals surface area contributed by atoms with Crippen molar-refractivity contribution in [2.45, 2.75) is 26.1 Å². The van der Waals surface area contributed by atoms with Crippen molar-refractivity contribution >= 4 is 0 Å². The lowest BCUT2D eigenvalue weighted by molar-refractivity contribution is -0.681. The highest BCUT2D eigenvalue weighted by Crippen LogP contribution is 1.94. The molecule has 0 aliphatic heterocycles. The number of hydroxylamine groups is 2. The molecule has 2 atom stereocenters. The van der Waals surface area contributed by atoms with Gasteiger partial charge in [-0.15, -0.1) is 0 Å². The van der Waals surface area contributed by atoms with Crippen LogP contribution in [0.5, 0.6) is 0 Å². The van der Waals surface area contributed by atoms with Crippen molar-refractivity contribution in [3.63, 3.8) is 0 Å². The van der Waals surface area contributed by atoms with Gasteiger partial charge in [0.15, 0.2) is 5.03 Å². The van der Waals surface area contributed by atoms with Gasteiger partial charge in [-0.25, -0.2) is 10.1 Å². The Bertz CT molecular complexity index is 370. The first-order valence-electron chi connectivity index (χ1n) is 6.03. The maximum absolute atomic E-state index is 11.0. The molecule has 0 heterocycles. The van der Waals surface area contributed by atoms with E-state index in [2.05, 4.69) is 20.2 Å². The predicted molar refractivity (Wildman–Crippen MR) is 65.9 cm³/mol. The third-order valence-corrected chi connectivity index (χ3v) is 1.78. The van der Waals surface area contributed by atoms with Crippen LogP contribution in [0.1, 0.15) is 13.8 Å². The van der Waals surface area contributed by atoms with Crippen LogP contribution in [0.3, 0.4) is 0 Å². The van der Waals surface area contributed by atoms with Crippen molar-refractivity contribution in [1.82, 2.24) is 5.01 Å². The van der Waals surface area contributed by atoms with Gasteiger partial charge in [0.1, 0.15) is 12.2 Å². The number of nitrogens with zero attached hydrogens (tertiary/aromatic N) is 6. The van der Waals surface area contributed by atoms with Crippen LogP contribution < -0.4 is 0 Å². The van der Waals surface area contributed by atoms with E-state index < -0.39 is 30.7 Å². The maximum Gasteiger partial charge on any atom is 0.254 e. The Balaban J connectivity index is 4.25. The minimum absolute atomic E-state index is 0.00996. The summed E-state index contributed by atoms with van der Waals surface area (Å²) in [6.45, 7) is 0.457. The van der Waals surface area contributed by atoms with Crippen molar-refractivity contribution < 1.29 is 34.6 Å². The van der Waals surface area contributed by atoms with Crippen LogP contribution in [0.4, 0.5) is 0 Å². The average Bonchev–Trinajstić information content (AvgIpc) is 2.34. The van der Waals surface area contributed by atoms with Gasteiger partial charge < -0.3 is 30.3 Å². The Morgan fingerprint density at radius 3 is 1.64 bits per heavy atom. The SMILES string of the molecule is CC(O)C/[N+]([O-])=N/OCN(CO/N=[N+](\[O-])CC(C)O)[N+](=O)[O-]. The summed E-state index contributed by atoms with van der Waals surface area (Å²) in [5, 5.41) is 55.7. The lowest BCUT2D eigenvalue weighted by atomic mass is 10.4. The molecular weight excluding hydrogens is 308 g/mol. The molecule has 0 spiro atoms. The van der Waals surface area contributed by atoms with Crippen LogP contribution >= 0.6 is 0 Å². The molecule has 2 N–H and O–H groups in total. The van der Waals surface area contributed by atoms with Gasteiger partial charge in [-0.05, 0) is 18.9 Å². The maximum atomic E-state index is 11.0. The Labute approximate surface area is 124 Å². The first kappa shape index (κ1) is 19.5. The molecule has 128 valence electrons. The molecule has 0 aromatic rings. The molecule has 0 fully saturated rings. The molecule has 0 aromatic carbocycles. The van der Waals surface area contributed by atoms with Crippen molar-refractivity contribution in [2.24, 2.45) is 10.6 Å². The Hall–Kier alpha value is -2.48. The highest BCUT2D eigenvalue weighted by Gasteiger charge is 2.17. The standard InChI is InChI=1S/C8H18N6O8/c1-7(15)3-12(17)9-21-5-11(14(19)20)6-22-10-13(18)4-8(2)16/h7-8,15-16H,3-6H2,1-2H3/b12-9-,13-10-. The largest absolute Gasteiger partial charge is 0.597 e. The number of hydrogen-bond donors (Lipinski definition) is 2. The van der Waals surface area contributed by atoms with E-state index in [0.29, 0.717) is 5.01 Å². The van der Waals surface area contributed by atoms with E-state index in [1.807, 2.05) is 0 Å². The van der Waals surface area contributed by atoms with E-state index in [0.717, 1.165) is 0 Å². The summed E-state index contributed by atoms with van der Waals surface area (Å²) in [4.78, 5) is 19.5. The third kappa shape index (κ3) is 10.3. The molecule has 0 rings (SSSR count). The van der Waals surface area contributed by atoms with Gasteiger partial charge in [0.25, 0.3) is 13.5 Å². The molecule has 0 saturated carbocycles. The highest BCUT2D eigenvalue weighted by molar-refractivity contribution is 4.37. The third-order valence-electron chi connectivity index (χ3n) is 1.78. The smallest absolute Gasteiger partial charge is 0.254 e. The average molecular weight is 326 g/mol. The second-order valence-corrected chi connectivity index (χ2v) is 4.19. The molecule has 0 aromatic heterocycles. The number of hydrogen-bond acceptors (Lipinski definition) is 10. The minimum Gasteiger partial charge on any atom is -0.597 e. The molecule has 0 bridgehead atoms. The number of rotatable bonds is 11. The Kier molecular flexibility index (Phi) is 9.12. The summed E-state index contributed by atoms with van der Waals surface area (Å²) >= 11 is 0. The fraction of sp³-hybridized carbons (Fsp3) is 1.00. The highest BCUT2D eigenvalue weighted by atomic mass is 16.8. The molecule has 22 heavy (non-hydrogen) atoms. The second kappa shape index (κ2) is 10.3. The normalized spacial score (nSPS) is 15.1. The van der Waals surface area contributed by atoms with Gasteiger partial charge >= 0.3 is 0 Å². The Morgan fingerprint density at radius 1 is 1.00 bits per heavy atom. The van der Waals surface area contributed by atoms with Crippen LogP contribution in [-0.2, 0) is 9.68 Å². The number of hydrazine groups is 1. The molecular formula is C8H18N6O8.